The van der Waals surface area contributed by atoms with E-state index in [9.17, 15) is 14.7 Å². The van der Waals surface area contributed by atoms with Gasteiger partial charge in [0.2, 0.25) is 5.43 Å². The molecule has 0 unspecified atom stereocenters. The molecule has 1 fully saturated rings. The number of carboxylic acid groups (broad SMARTS) is 1. The van der Waals surface area contributed by atoms with Gasteiger partial charge in [-0.05, 0) is 18.2 Å². The van der Waals surface area contributed by atoms with Crippen molar-refractivity contribution in [2.75, 3.05) is 36.0 Å². The van der Waals surface area contributed by atoms with Crippen LogP contribution in [0, 0.1) is 11.6 Å². The molecule has 0 amide bonds. The number of aromatic carboxylic acids is 1. The monoisotopic (exact) mass is 483 g/mol. The molecule has 8 nitrogen and oxygen atoms in total. The summed E-state index contributed by atoms with van der Waals surface area (Å²) in [6.45, 7) is 1.87. The zero-order valence-electron chi connectivity index (χ0n) is 17.8. The van der Waals surface area contributed by atoms with E-state index in [4.69, 9.17) is 0 Å². The van der Waals surface area contributed by atoms with Crippen molar-refractivity contribution in [2.24, 2.45) is 0 Å². The fourth-order valence-corrected chi connectivity index (χ4v) is 4.88. The standard InChI is InChI=1S/C23H19F2N5O3S/c24-17-11-15-20(30(13-18-27-5-10-34-18)12-16(22(15)31)23(32)33)19(25)21(17)29-8-6-28(7-9-29)14-1-3-26-4-2-14/h1-5,10-12H,6-9,13H2,(H,32,33). The number of fused-ring (bicyclic) bond motifs is 1. The van der Waals surface area contributed by atoms with Crippen molar-refractivity contribution in [1.82, 2.24) is 14.5 Å². The van der Waals surface area contributed by atoms with Crippen LogP contribution in [0.4, 0.5) is 20.2 Å². The van der Waals surface area contributed by atoms with E-state index in [1.54, 1.807) is 28.9 Å². The highest BCUT2D eigenvalue weighted by atomic mass is 32.1. The van der Waals surface area contributed by atoms with Gasteiger partial charge in [0.15, 0.2) is 5.82 Å². The van der Waals surface area contributed by atoms with Gasteiger partial charge >= 0.3 is 5.97 Å². The molecular formula is C23H19F2N5O3S. The first-order valence-corrected chi connectivity index (χ1v) is 11.4. The van der Waals surface area contributed by atoms with Crippen LogP contribution in [0.1, 0.15) is 15.4 Å². The lowest BCUT2D eigenvalue weighted by atomic mass is 10.1. The van der Waals surface area contributed by atoms with Crippen molar-refractivity contribution in [3.8, 4) is 0 Å². The Kier molecular flexibility index (Phi) is 5.70. The van der Waals surface area contributed by atoms with Crippen LogP contribution in [-0.4, -0.2) is 51.8 Å². The minimum absolute atomic E-state index is 0.0482. The number of carboxylic acids is 1. The Morgan fingerprint density at radius 3 is 2.44 bits per heavy atom. The summed E-state index contributed by atoms with van der Waals surface area (Å²) in [6, 6.07) is 4.70. The molecule has 1 N–H and O–H groups in total. The van der Waals surface area contributed by atoms with Gasteiger partial charge in [0.25, 0.3) is 0 Å². The van der Waals surface area contributed by atoms with E-state index >= 15 is 8.78 Å². The van der Waals surface area contributed by atoms with Crippen LogP contribution in [0.5, 0.6) is 0 Å². The predicted octanol–water partition coefficient (Wildman–Crippen LogP) is 3.20. The van der Waals surface area contributed by atoms with Crippen molar-refractivity contribution in [2.45, 2.75) is 6.54 Å². The summed E-state index contributed by atoms with van der Waals surface area (Å²) in [5, 5.41) is 11.5. The zero-order valence-corrected chi connectivity index (χ0v) is 18.6. The van der Waals surface area contributed by atoms with E-state index in [1.807, 2.05) is 12.1 Å². The Labute approximate surface area is 196 Å². The van der Waals surface area contributed by atoms with Crippen LogP contribution >= 0.6 is 11.3 Å². The Bertz CT molecular complexity index is 1420. The summed E-state index contributed by atoms with van der Waals surface area (Å²) < 4.78 is 32.4. The van der Waals surface area contributed by atoms with E-state index in [-0.39, 0.29) is 23.1 Å². The van der Waals surface area contributed by atoms with Crippen LogP contribution in [0.2, 0.25) is 0 Å². The Morgan fingerprint density at radius 2 is 1.79 bits per heavy atom. The number of anilines is 2. The molecule has 1 saturated heterocycles. The molecule has 0 radical (unpaired) electrons. The maximum Gasteiger partial charge on any atom is 0.341 e. The highest BCUT2D eigenvalue weighted by Crippen LogP contribution is 2.31. The fraction of sp³-hybridized carbons (Fsp3) is 0.217. The van der Waals surface area contributed by atoms with Crippen LogP contribution in [0.15, 0.2) is 53.2 Å². The minimum atomic E-state index is -1.46. The summed E-state index contributed by atoms with van der Waals surface area (Å²) in [5.41, 5.74) is -0.866. The molecule has 3 aromatic heterocycles. The van der Waals surface area contributed by atoms with Crippen LogP contribution in [0.3, 0.4) is 0 Å². The van der Waals surface area contributed by atoms with Gasteiger partial charge in [-0.3, -0.25) is 9.78 Å². The number of aromatic nitrogens is 3. The van der Waals surface area contributed by atoms with Crippen molar-refractivity contribution < 1.29 is 18.7 Å². The first kappa shape index (κ1) is 22.0. The number of benzene rings is 1. The number of hydrogen-bond donors (Lipinski definition) is 1. The average Bonchev–Trinajstić information content (AvgIpc) is 3.35. The fourth-order valence-electron chi connectivity index (χ4n) is 4.26. The molecule has 1 aliphatic heterocycles. The summed E-state index contributed by atoms with van der Waals surface area (Å²) in [5.74, 6) is -3.25. The van der Waals surface area contributed by atoms with E-state index in [0.29, 0.717) is 31.2 Å². The molecule has 11 heteroatoms. The molecule has 0 saturated carbocycles. The second-order valence-electron chi connectivity index (χ2n) is 7.83. The summed E-state index contributed by atoms with van der Waals surface area (Å²) >= 11 is 1.31. The maximum atomic E-state index is 15.9. The van der Waals surface area contributed by atoms with Gasteiger partial charge in [-0.1, -0.05) is 0 Å². The summed E-state index contributed by atoms with van der Waals surface area (Å²) in [6.07, 6.45) is 6.06. The highest BCUT2D eigenvalue weighted by Gasteiger charge is 2.27. The van der Waals surface area contributed by atoms with E-state index < -0.39 is 28.6 Å². The van der Waals surface area contributed by atoms with Crippen molar-refractivity contribution >= 4 is 39.6 Å². The molecule has 1 aliphatic rings. The molecule has 174 valence electrons. The molecule has 34 heavy (non-hydrogen) atoms. The average molecular weight is 484 g/mol. The molecule has 0 bridgehead atoms. The van der Waals surface area contributed by atoms with Gasteiger partial charge < -0.3 is 19.5 Å². The van der Waals surface area contributed by atoms with E-state index in [0.717, 1.165) is 18.0 Å². The number of piperazine rings is 1. The summed E-state index contributed by atoms with van der Waals surface area (Å²) in [7, 11) is 0. The number of nitrogens with zero attached hydrogens (tertiary/aromatic N) is 5. The first-order chi connectivity index (χ1) is 16.4. The minimum Gasteiger partial charge on any atom is -0.477 e. The Hall–Kier alpha value is -3.86. The van der Waals surface area contributed by atoms with E-state index in [1.165, 1.54) is 15.9 Å². The third kappa shape index (κ3) is 3.87. The molecule has 0 atom stereocenters. The number of thiazole rings is 1. The maximum absolute atomic E-state index is 15.9. The molecule has 1 aromatic carbocycles. The van der Waals surface area contributed by atoms with Gasteiger partial charge in [-0.2, -0.15) is 0 Å². The number of carbonyl (C=O) groups is 1. The third-order valence-corrected chi connectivity index (χ3v) is 6.64. The van der Waals surface area contributed by atoms with Crippen LogP contribution in [0.25, 0.3) is 10.9 Å². The van der Waals surface area contributed by atoms with Gasteiger partial charge in [0.05, 0.1) is 17.4 Å². The lowest BCUT2D eigenvalue weighted by molar-refractivity contribution is 0.0695. The van der Waals surface area contributed by atoms with Crippen molar-refractivity contribution in [3.05, 3.63) is 80.8 Å². The van der Waals surface area contributed by atoms with Crippen molar-refractivity contribution in [1.29, 1.82) is 0 Å². The first-order valence-electron chi connectivity index (χ1n) is 10.5. The number of hydrogen-bond acceptors (Lipinski definition) is 7. The lowest BCUT2D eigenvalue weighted by Crippen LogP contribution is -2.47. The quantitative estimate of drug-likeness (QED) is 0.466. The largest absolute Gasteiger partial charge is 0.477 e. The van der Waals surface area contributed by atoms with Crippen molar-refractivity contribution in [3.63, 3.8) is 0 Å². The normalized spacial score (nSPS) is 14.1. The smallest absolute Gasteiger partial charge is 0.341 e. The number of halogens is 2. The number of rotatable bonds is 5. The molecule has 4 heterocycles. The molecule has 5 rings (SSSR count). The molecule has 4 aromatic rings. The van der Waals surface area contributed by atoms with Gasteiger partial charge in [0, 0.05) is 62.0 Å². The van der Waals surface area contributed by atoms with Crippen LogP contribution < -0.4 is 15.2 Å². The van der Waals surface area contributed by atoms with Gasteiger partial charge in [-0.15, -0.1) is 11.3 Å². The van der Waals surface area contributed by atoms with Gasteiger partial charge in [0.1, 0.15) is 22.1 Å². The van der Waals surface area contributed by atoms with Gasteiger partial charge in [-0.25, -0.2) is 18.6 Å². The van der Waals surface area contributed by atoms with E-state index in [2.05, 4.69) is 14.9 Å². The predicted molar refractivity (Wildman–Crippen MR) is 125 cm³/mol. The number of pyridine rings is 2. The molecular weight excluding hydrogens is 464 g/mol. The second-order valence-corrected chi connectivity index (χ2v) is 8.81. The molecule has 0 spiro atoms. The highest BCUT2D eigenvalue weighted by molar-refractivity contribution is 7.09. The SMILES string of the molecule is O=C(O)c1cn(Cc2nccs2)c2c(F)c(N3CCN(c4ccncc4)CC3)c(F)cc2c1=O. The topological polar surface area (TPSA) is 91.6 Å². The Balaban J connectivity index is 1.58. The third-order valence-electron chi connectivity index (χ3n) is 5.87. The lowest BCUT2D eigenvalue weighted by Gasteiger charge is -2.37. The zero-order chi connectivity index (χ0) is 23.8. The Morgan fingerprint density at radius 1 is 1.09 bits per heavy atom. The summed E-state index contributed by atoms with van der Waals surface area (Å²) in [4.78, 5) is 36.3. The molecule has 0 aliphatic carbocycles. The van der Waals surface area contributed by atoms with Crippen LogP contribution in [-0.2, 0) is 6.54 Å². The second kappa shape index (κ2) is 8.82.